The van der Waals surface area contributed by atoms with E-state index in [0.717, 1.165) is 28.4 Å². The lowest BCUT2D eigenvalue weighted by atomic mass is 10.2. The number of halogens is 1. The molecule has 25 heavy (non-hydrogen) atoms. The van der Waals surface area contributed by atoms with Gasteiger partial charge in [0.2, 0.25) is 0 Å². The molecule has 0 radical (unpaired) electrons. The number of nitrogens with one attached hydrogen (secondary N) is 2. The third kappa shape index (κ3) is 4.39. The molecule has 0 aliphatic carbocycles. The summed E-state index contributed by atoms with van der Waals surface area (Å²) in [7, 11) is 4.03. The van der Waals surface area contributed by atoms with Crippen LogP contribution >= 0.6 is 11.6 Å². The highest BCUT2D eigenvalue weighted by Gasteiger charge is 2.04. The van der Waals surface area contributed by atoms with Gasteiger partial charge in [0, 0.05) is 42.2 Å². The first kappa shape index (κ1) is 17.0. The summed E-state index contributed by atoms with van der Waals surface area (Å²) in [6.07, 6.45) is 1.53. The first-order chi connectivity index (χ1) is 12.0. The summed E-state index contributed by atoms with van der Waals surface area (Å²) in [6, 6.07) is 15.7. The molecule has 0 atom stereocenters. The Balaban J connectivity index is 1.75. The molecule has 5 nitrogen and oxygen atoms in total. The topological polar surface area (TPSA) is 53.1 Å². The van der Waals surface area contributed by atoms with Gasteiger partial charge < -0.3 is 15.5 Å². The van der Waals surface area contributed by atoms with E-state index in [-0.39, 0.29) is 0 Å². The summed E-state index contributed by atoms with van der Waals surface area (Å²) in [4.78, 5) is 10.6. The van der Waals surface area contributed by atoms with Gasteiger partial charge in [-0.2, -0.15) is 0 Å². The van der Waals surface area contributed by atoms with Crippen molar-refractivity contribution >= 4 is 40.3 Å². The molecule has 0 spiro atoms. The van der Waals surface area contributed by atoms with Crippen LogP contribution in [0.1, 0.15) is 5.56 Å². The molecule has 0 aliphatic heterocycles. The largest absolute Gasteiger partial charge is 0.378 e. The highest BCUT2D eigenvalue weighted by Crippen LogP contribution is 2.24. The Morgan fingerprint density at radius 3 is 2.20 bits per heavy atom. The standard InChI is InChI=1S/C19H20ClN5/c1-13-10-14(20)4-9-17(13)24-19-11-18(21-12-22-19)23-15-5-7-16(8-6-15)25(2)3/h4-12H,1-3H3,(H2,21,22,23,24). The van der Waals surface area contributed by atoms with E-state index in [1.165, 1.54) is 6.33 Å². The fourth-order valence-electron chi connectivity index (χ4n) is 2.39. The average Bonchev–Trinajstić information content (AvgIpc) is 2.58. The van der Waals surface area contributed by atoms with Crippen molar-refractivity contribution in [2.45, 2.75) is 6.92 Å². The van der Waals surface area contributed by atoms with E-state index in [1.807, 2.05) is 57.4 Å². The maximum absolute atomic E-state index is 6.00. The van der Waals surface area contributed by atoms with Crippen LogP contribution in [0.2, 0.25) is 5.02 Å². The van der Waals surface area contributed by atoms with Gasteiger partial charge >= 0.3 is 0 Å². The van der Waals surface area contributed by atoms with Crippen molar-refractivity contribution in [2.24, 2.45) is 0 Å². The number of nitrogens with zero attached hydrogens (tertiary/aromatic N) is 3. The fourth-order valence-corrected chi connectivity index (χ4v) is 2.62. The lowest BCUT2D eigenvalue weighted by Gasteiger charge is -2.13. The van der Waals surface area contributed by atoms with Crippen LogP contribution in [0.4, 0.5) is 28.7 Å². The molecular weight excluding hydrogens is 334 g/mol. The summed E-state index contributed by atoms with van der Waals surface area (Å²) in [5.74, 6) is 1.44. The summed E-state index contributed by atoms with van der Waals surface area (Å²) < 4.78 is 0. The molecule has 3 rings (SSSR count). The molecule has 0 unspecified atom stereocenters. The van der Waals surface area contributed by atoms with Gasteiger partial charge in [0.05, 0.1) is 0 Å². The Kier molecular flexibility index (Phi) is 5.05. The van der Waals surface area contributed by atoms with E-state index in [2.05, 4.69) is 37.6 Å². The molecule has 6 heteroatoms. The maximum atomic E-state index is 6.00. The van der Waals surface area contributed by atoms with Gasteiger partial charge in [-0.05, 0) is 55.0 Å². The van der Waals surface area contributed by atoms with Crippen molar-refractivity contribution in [3.63, 3.8) is 0 Å². The average molecular weight is 354 g/mol. The van der Waals surface area contributed by atoms with E-state index >= 15 is 0 Å². The monoisotopic (exact) mass is 353 g/mol. The van der Waals surface area contributed by atoms with Crippen LogP contribution in [0.25, 0.3) is 0 Å². The van der Waals surface area contributed by atoms with Crippen LogP contribution in [-0.2, 0) is 0 Å². The molecule has 0 bridgehead atoms. The van der Waals surface area contributed by atoms with Gasteiger partial charge in [0.25, 0.3) is 0 Å². The number of rotatable bonds is 5. The van der Waals surface area contributed by atoms with Crippen LogP contribution in [0.5, 0.6) is 0 Å². The third-order valence-electron chi connectivity index (χ3n) is 3.77. The Morgan fingerprint density at radius 1 is 0.880 bits per heavy atom. The SMILES string of the molecule is Cc1cc(Cl)ccc1Nc1cc(Nc2ccc(N(C)C)cc2)ncn1. The number of hydrogen-bond donors (Lipinski definition) is 2. The van der Waals surface area contributed by atoms with E-state index < -0.39 is 0 Å². The van der Waals surface area contributed by atoms with Crippen molar-refractivity contribution in [1.82, 2.24) is 9.97 Å². The van der Waals surface area contributed by atoms with E-state index in [4.69, 9.17) is 11.6 Å². The van der Waals surface area contributed by atoms with Crippen molar-refractivity contribution in [3.8, 4) is 0 Å². The predicted molar refractivity (Wildman–Crippen MR) is 106 cm³/mol. The second kappa shape index (κ2) is 7.40. The number of hydrogen-bond acceptors (Lipinski definition) is 5. The molecule has 3 aromatic rings. The number of anilines is 5. The lowest BCUT2D eigenvalue weighted by molar-refractivity contribution is 1.13. The van der Waals surface area contributed by atoms with E-state index in [1.54, 1.807) is 0 Å². The first-order valence-electron chi connectivity index (χ1n) is 7.91. The predicted octanol–water partition coefficient (Wildman–Crippen LogP) is 4.99. The minimum atomic E-state index is 0.716. The zero-order valence-electron chi connectivity index (χ0n) is 14.4. The number of benzene rings is 2. The zero-order chi connectivity index (χ0) is 17.8. The molecule has 2 aromatic carbocycles. The third-order valence-corrected chi connectivity index (χ3v) is 4.01. The zero-order valence-corrected chi connectivity index (χ0v) is 15.2. The molecule has 128 valence electrons. The molecular formula is C19H20ClN5. The van der Waals surface area contributed by atoms with Crippen LogP contribution in [-0.4, -0.2) is 24.1 Å². The molecule has 0 saturated carbocycles. The van der Waals surface area contributed by atoms with Gasteiger partial charge in [-0.25, -0.2) is 9.97 Å². The summed E-state index contributed by atoms with van der Waals surface area (Å²) >= 11 is 6.00. The van der Waals surface area contributed by atoms with Gasteiger partial charge in [0.15, 0.2) is 0 Å². The number of aryl methyl sites for hydroxylation is 1. The van der Waals surface area contributed by atoms with Gasteiger partial charge in [-0.15, -0.1) is 0 Å². The summed E-state index contributed by atoms with van der Waals surface area (Å²) in [5.41, 5.74) is 4.14. The molecule has 0 saturated heterocycles. The molecule has 0 aliphatic rings. The molecule has 0 fully saturated rings. The quantitative estimate of drug-likeness (QED) is 0.676. The van der Waals surface area contributed by atoms with Crippen molar-refractivity contribution < 1.29 is 0 Å². The Hall–Kier alpha value is -2.79. The molecule has 2 N–H and O–H groups in total. The van der Waals surface area contributed by atoms with Gasteiger partial charge in [0.1, 0.15) is 18.0 Å². The fraction of sp³-hybridized carbons (Fsp3) is 0.158. The van der Waals surface area contributed by atoms with Gasteiger partial charge in [-0.3, -0.25) is 0 Å². The molecule has 1 heterocycles. The summed E-state index contributed by atoms with van der Waals surface area (Å²) in [6.45, 7) is 2.00. The highest BCUT2D eigenvalue weighted by atomic mass is 35.5. The Bertz CT molecular complexity index is 862. The van der Waals surface area contributed by atoms with Crippen LogP contribution in [0.3, 0.4) is 0 Å². The number of aromatic nitrogens is 2. The maximum Gasteiger partial charge on any atom is 0.135 e. The van der Waals surface area contributed by atoms with Crippen molar-refractivity contribution in [1.29, 1.82) is 0 Å². The second-order valence-corrected chi connectivity index (χ2v) is 6.38. The lowest BCUT2D eigenvalue weighted by Crippen LogP contribution is -2.08. The van der Waals surface area contributed by atoms with Crippen LogP contribution in [0, 0.1) is 6.92 Å². The second-order valence-electron chi connectivity index (χ2n) is 5.94. The van der Waals surface area contributed by atoms with E-state index in [0.29, 0.717) is 10.8 Å². The Morgan fingerprint density at radius 2 is 1.56 bits per heavy atom. The van der Waals surface area contributed by atoms with Crippen molar-refractivity contribution in [3.05, 3.63) is 65.4 Å². The van der Waals surface area contributed by atoms with E-state index in [9.17, 15) is 0 Å². The summed E-state index contributed by atoms with van der Waals surface area (Å²) in [5, 5.41) is 7.30. The minimum absolute atomic E-state index is 0.716. The molecule has 0 amide bonds. The first-order valence-corrected chi connectivity index (χ1v) is 8.29. The minimum Gasteiger partial charge on any atom is -0.378 e. The smallest absolute Gasteiger partial charge is 0.135 e. The Labute approximate surface area is 152 Å². The highest BCUT2D eigenvalue weighted by molar-refractivity contribution is 6.30. The van der Waals surface area contributed by atoms with Crippen molar-refractivity contribution in [2.75, 3.05) is 29.6 Å². The van der Waals surface area contributed by atoms with Crippen LogP contribution in [0.15, 0.2) is 54.9 Å². The normalized spacial score (nSPS) is 10.4. The van der Waals surface area contributed by atoms with Crippen LogP contribution < -0.4 is 15.5 Å². The van der Waals surface area contributed by atoms with Gasteiger partial charge in [-0.1, -0.05) is 11.6 Å². The molecule has 1 aromatic heterocycles.